The standard InChI is InChI=1S/C14H22N2O2/c1-10(2)7-16-8-12-6-11(3)4-5-13(12)18-9-14(15)17/h4-6,10,16H,7-9H2,1-3H3,(H2,15,17). The van der Waals surface area contributed by atoms with Crippen molar-refractivity contribution in [3.8, 4) is 5.75 Å². The van der Waals surface area contributed by atoms with E-state index in [0.717, 1.165) is 24.4 Å². The molecule has 4 heteroatoms. The van der Waals surface area contributed by atoms with Gasteiger partial charge in [0, 0.05) is 12.1 Å². The van der Waals surface area contributed by atoms with Crippen LogP contribution in [-0.4, -0.2) is 19.1 Å². The zero-order valence-electron chi connectivity index (χ0n) is 11.3. The fraction of sp³-hybridized carbons (Fsp3) is 0.500. The van der Waals surface area contributed by atoms with Crippen LogP contribution in [0.3, 0.4) is 0 Å². The minimum atomic E-state index is -0.461. The van der Waals surface area contributed by atoms with Gasteiger partial charge in [0.2, 0.25) is 0 Å². The van der Waals surface area contributed by atoms with Gasteiger partial charge in [0.05, 0.1) is 0 Å². The molecular formula is C14H22N2O2. The summed E-state index contributed by atoms with van der Waals surface area (Å²) in [6.07, 6.45) is 0. The van der Waals surface area contributed by atoms with E-state index in [4.69, 9.17) is 10.5 Å². The number of carbonyl (C=O) groups excluding carboxylic acids is 1. The molecule has 0 aromatic heterocycles. The van der Waals surface area contributed by atoms with Gasteiger partial charge < -0.3 is 15.8 Å². The first-order chi connectivity index (χ1) is 8.49. The summed E-state index contributed by atoms with van der Waals surface area (Å²) in [4.78, 5) is 10.7. The Kier molecular flexibility index (Phi) is 5.65. The predicted molar refractivity (Wildman–Crippen MR) is 72.4 cm³/mol. The highest BCUT2D eigenvalue weighted by Crippen LogP contribution is 2.19. The monoisotopic (exact) mass is 250 g/mol. The highest BCUT2D eigenvalue weighted by atomic mass is 16.5. The zero-order chi connectivity index (χ0) is 13.5. The second-order valence-electron chi connectivity index (χ2n) is 4.89. The van der Waals surface area contributed by atoms with Crippen LogP contribution in [0.15, 0.2) is 18.2 Å². The van der Waals surface area contributed by atoms with E-state index in [1.807, 2.05) is 19.1 Å². The molecule has 0 aliphatic rings. The molecule has 3 N–H and O–H groups in total. The Morgan fingerprint density at radius 3 is 2.78 bits per heavy atom. The van der Waals surface area contributed by atoms with Gasteiger partial charge in [0.1, 0.15) is 5.75 Å². The Morgan fingerprint density at radius 1 is 1.44 bits per heavy atom. The topological polar surface area (TPSA) is 64.3 Å². The molecule has 0 saturated heterocycles. The summed E-state index contributed by atoms with van der Waals surface area (Å²) in [6.45, 7) is 7.95. The Balaban J connectivity index is 2.67. The summed E-state index contributed by atoms with van der Waals surface area (Å²) < 4.78 is 5.40. The number of rotatable bonds is 7. The van der Waals surface area contributed by atoms with Gasteiger partial charge in [0.15, 0.2) is 6.61 Å². The number of nitrogens with one attached hydrogen (secondary N) is 1. The molecule has 0 heterocycles. The lowest BCUT2D eigenvalue weighted by atomic mass is 10.1. The number of hydrogen-bond acceptors (Lipinski definition) is 3. The maximum absolute atomic E-state index is 10.7. The van der Waals surface area contributed by atoms with Gasteiger partial charge in [-0.3, -0.25) is 4.79 Å². The summed E-state index contributed by atoms with van der Waals surface area (Å²) in [5.74, 6) is 0.858. The van der Waals surface area contributed by atoms with Gasteiger partial charge in [-0.1, -0.05) is 31.5 Å². The molecule has 100 valence electrons. The van der Waals surface area contributed by atoms with Gasteiger partial charge in [-0.2, -0.15) is 0 Å². The fourth-order valence-electron chi connectivity index (χ4n) is 1.63. The van der Waals surface area contributed by atoms with E-state index in [2.05, 4.69) is 25.2 Å². The zero-order valence-corrected chi connectivity index (χ0v) is 11.3. The number of amides is 1. The predicted octanol–water partition coefficient (Wildman–Crippen LogP) is 1.60. The highest BCUT2D eigenvalue weighted by Gasteiger charge is 2.06. The lowest BCUT2D eigenvalue weighted by Crippen LogP contribution is -2.22. The molecule has 18 heavy (non-hydrogen) atoms. The smallest absolute Gasteiger partial charge is 0.255 e. The van der Waals surface area contributed by atoms with Crippen LogP contribution in [-0.2, 0) is 11.3 Å². The van der Waals surface area contributed by atoms with Gasteiger partial charge >= 0.3 is 0 Å². The molecule has 1 rings (SSSR count). The molecule has 0 aliphatic carbocycles. The molecule has 4 nitrogen and oxygen atoms in total. The maximum Gasteiger partial charge on any atom is 0.255 e. The Bertz CT molecular complexity index is 403. The van der Waals surface area contributed by atoms with E-state index < -0.39 is 5.91 Å². The van der Waals surface area contributed by atoms with Crippen molar-refractivity contribution >= 4 is 5.91 Å². The Labute approximate surface area is 109 Å². The quantitative estimate of drug-likeness (QED) is 0.772. The van der Waals surface area contributed by atoms with Crippen LogP contribution in [0.1, 0.15) is 25.0 Å². The first-order valence-corrected chi connectivity index (χ1v) is 6.20. The molecule has 1 aromatic carbocycles. The van der Waals surface area contributed by atoms with E-state index in [9.17, 15) is 4.79 Å². The number of ether oxygens (including phenoxy) is 1. The van der Waals surface area contributed by atoms with E-state index >= 15 is 0 Å². The fourth-order valence-corrected chi connectivity index (χ4v) is 1.63. The van der Waals surface area contributed by atoms with Crippen molar-refractivity contribution in [1.82, 2.24) is 5.32 Å². The molecule has 0 radical (unpaired) electrons. The van der Waals surface area contributed by atoms with E-state index in [1.165, 1.54) is 5.56 Å². The van der Waals surface area contributed by atoms with Crippen molar-refractivity contribution in [3.05, 3.63) is 29.3 Å². The molecule has 0 spiro atoms. The van der Waals surface area contributed by atoms with Crippen molar-refractivity contribution in [1.29, 1.82) is 0 Å². The summed E-state index contributed by atoms with van der Waals surface area (Å²) in [5, 5.41) is 3.36. The average Bonchev–Trinajstić information content (AvgIpc) is 2.27. The largest absolute Gasteiger partial charge is 0.483 e. The van der Waals surface area contributed by atoms with E-state index in [-0.39, 0.29) is 6.61 Å². The SMILES string of the molecule is Cc1ccc(OCC(N)=O)c(CNCC(C)C)c1. The van der Waals surface area contributed by atoms with Crippen molar-refractivity contribution in [2.75, 3.05) is 13.2 Å². The van der Waals surface area contributed by atoms with E-state index in [1.54, 1.807) is 0 Å². The van der Waals surface area contributed by atoms with Gasteiger partial charge in [-0.05, 0) is 25.5 Å². The number of primary amides is 1. The number of carbonyl (C=O) groups is 1. The summed E-state index contributed by atoms with van der Waals surface area (Å²) >= 11 is 0. The summed E-state index contributed by atoms with van der Waals surface area (Å²) in [5.41, 5.74) is 7.30. The average molecular weight is 250 g/mol. The van der Waals surface area contributed by atoms with Crippen molar-refractivity contribution in [2.45, 2.75) is 27.3 Å². The second kappa shape index (κ2) is 7.01. The van der Waals surface area contributed by atoms with Crippen molar-refractivity contribution in [3.63, 3.8) is 0 Å². The molecular weight excluding hydrogens is 228 g/mol. The number of nitrogens with two attached hydrogens (primary N) is 1. The van der Waals surface area contributed by atoms with Gasteiger partial charge in [0.25, 0.3) is 5.91 Å². The lowest BCUT2D eigenvalue weighted by Gasteiger charge is -2.13. The minimum Gasteiger partial charge on any atom is -0.483 e. The molecule has 1 amide bonds. The Morgan fingerprint density at radius 2 is 2.17 bits per heavy atom. The third kappa shape index (κ3) is 5.19. The summed E-state index contributed by atoms with van der Waals surface area (Å²) in [7, 11) is 0. The van der Waals surface area contributed by atoms with Crippen LogP contribution < -0.4 is 15.8 Å². The highest BCUT2D eigenvalue weighted by molar-refractivity contribution is 5.75. The second-order valence-corrected chi connectivity index (χ2v) is 4.89. The van der Waals surface area contributed by atoms with Crippen LogP contribution in [0.4, 0.5) is 0 Å². The van der Waals surface area contributed by atoms with Crippen molar-refractivity contribution < 1.29 is 9.53 Å². The van der Waals surface area contributed by atoms with Gasteiger partial charge in [-0.25, -0.2) is 0 Å². The summed E-state index contributed by atoms with van der Waals surface area (Å²) in [6, 6.07) is 5.90. The number of aryl methyl sites for hydroxylation is 1. The lowest BCUT2D eigenvalue weighted by molar-refractivity contribution is -0.119. The van der Waals surface area contributed by atoms with Gasteiger partial charge in [-0.15, -0.1) is 0 Å². The third-order valence-electron chi connectivity index (χ3n) is 2.45. The minimum absolute atomic E-state index is 0.0831. The number of benzene rings is 1. The van der Waals surface area contributed by atoms with Crippen LogP contribution in [0, 0.1) is 12.8 Å². The molecule has 0 unspecified atom stereocenters. The van der Waals surface area contributed by atoms with E-state index in [0.29, 0.717) is 5.92 Å². The molecule has 0 bridgehead atoms. The number of hydrogen-bond donors (Lipinski definition) is 2. The molecule has 0 saturated carbocycles. The third-order valence-corrected chi connectivity index (χ3v) is 2.45. The first-order valence-electron chi connectivity index (χ1n) is 6.20. The Hall–Kier alpha value is -1.55. The maximum atomic E-state index is 10.7. The van der Waals surface area contributed by atoms with Crippen LogP contribution in [0.2, 0.25) is 0 Å². The van der Waals surface area contributed by atoms with Crippen LogP contribution in [0.25, 0.3) is 0 Å². The van der Waals surface area contributed by atoms with Crippen LogP contribution >= 0.6 is 0 Å². The molecule has 0 aliphatic heterocycles. The molecule has 0 atom stereocenters. The molecule has 0 fully saturated rings. The van der Waals surface area contributed by atoms with Crippen molar-refractivity contribution in [2.24, 2.45) is 11.7 Å². The normalized spacial score (nSPS) is 10.7. The molecule has 1 aromatic rings. The first kappa shape index (κ1) is 14.5. The van der Waals surface area contributed by atoms with Crippen LogP contribution in [0.5, 0.6) is 5.75 Å².